The molecule has 1 aliphatic rings. The minimum atomic E-state index is -3.07. The van der Waals surface area contributed by atoms with E-state index < -0.39 is 15.7 Å². The number of hydrogen-bond donors (Lipinski definition) is 0. The highest BCUT2D eigenvalue weighted by Gasteiger charge is 2.29. The molecule has 2 heterocycles. The summed E-state index contributed by atoms with van der Waals surface area (Å²) < 4.78 is 39.1. The van der Waals surface area contributed by atoms with Crippen LogP contribution in [-0.4, -0.2) is 29.5 Å². The van der Waals surface area contributed by atoms with E-state index in [0.29, 0.717) is 23.3 Å². The Kier molecular flexibility index (Phi) is 3.88. The average molecular weight is 351 g/mol. The molecular formula is C13H13Cl2FN2O2S. The second kappa shape index (κ2) is 5.41. The first-order valence-corrected chi connectivity index (χ1v) is 9.27. The Labute approximate surface area is 131 Å². The van der Waals surface area contributed by atoms with Gasteiger partial charge in [0.25, 0.3) is 0 Å². The van der Waals surface area contributed by atoms with Gasteiger partial charge < -0.3 is 4.57 Å². The van der Waals surface area contributed by atoms with Crippen LogP contribution in [0.15, 0.2) is 12.1 Å². The molecule has 1 aromatic heterocycles. The van der Waals surface area contributed by atoms with Crippen molar-refractivity contribution in [2.24, 2.45) is 0 Å². The van der Waals surface area contributed by atoms with Crippen LogP contribution >= 0.6 is 23.2 Å². The van der Waals surface area contributed by atoms with Crippen molar-refractivity contribution >= 4 is 44.1 Å². The molecule has 0 bridgehead atoms. The summed E-state index contributed by atoms with van der Waals surface area (Å²) in [5, 5.41) is -0.0107. The molecule has 8 heteroatoms. The highest BCUT2D eigenvalue weighted by Crippen LogP contribution is 2.31. The van der Waals surface area contributed by atoms with Crippen molar-refractivity contribution in [2.75, 3.05) is 11.5 Å². The van der Waals surface area contributed by atoms with Crippen molar-refractivity contribution in [3.63, 3.8) is 0 Å². The third kappa shape index (κ3) is 2.76. The zero-order chi connectivity index (χ0) is 15.2. The number of hydrogen-bond acceptors (Lipinski definition) is 3. The zero-order valence-corrected chi connectivity index (χ0v) is 13.3. The van der Waals surface area contributed by atoms with Crippen molar-refractivity contribution in [1.82, 2.24) is 9.55 Å². The molecule has 0 radical (unpaired) electrons. The van der Waals surface area contributed by atoms with E-state index >= 15 is 0 Å². The van der Waals surface area contributed by atoms with Crippen LogP contribution < -0.4 is 0 Å². The monoisotopic (exact) mass is 350 g/mol. The number of sulfone groups is 1. The summed E-state index contributed by atoms with van der Waals surface area (Å²) in [5.41, 5.74) is 1.06. The van der Waals surface area contributed by atoms with Gasteiger partial charge in [-0.2, -0.15) is 0 Å². The first-order chi connectivity index (χ1) is 9.91. The first kappa shape index (κ1) is 15.1. The maximum atomic E-state index is 13.5. The lowest BCUT2D eigenvalue weighted by atomic mass is 10.1. The van der Waals surface area contributed by atoms with Gasteiger partial charge in [0.2, 0.25) is 0 Å². The fourth-order valence-electron chi connectivity index (χ4n) is 2.84. The van der Waals surface area contributed by atoms with Crippen molar-refractivity contribution in [3.05, 3.63) is 28.8 Å². The molecule has 114 valence electrons. The SMILES string of the molecule is O=S1(=O)CCCC(n2c(CCl)nc3cc(F)c(Cl)cc32)C1. The maximum Gasteiger partial charge on any atom is 0.152 e. The molecule has 1 aromatic carbocycles. The van der Waals surface area contributed by atoms with Crippen LogP contribution in [0.25, 0.3) is 11.0 Å². The van der Waals surface area contributed by atoms with E-state index in [-0.39, 0.29) is 28.5 Å². The molecule has 3 rings (SSSR count). The van der Waals surface area contributed by atoms with Crippen LogP contribution in [0.4, 0.5) is 4.39 Å². The standard InChI is InChI=1S/C13H13Cl2FN2O2S/c14-6-13-17-11-5-10(16)9(15)4-12(11)18(13)8-2-1-3-21(19,20)7-8/h4-5,8H,1-3,6-7H2. The second-order valence-electron chi connectivity index (χ2n) is 5.20. The predicted molar refractivity (Wildman–Crippen MR) is 81.2 cm³/mol. The summed E-state index contributed by atoms with van der Waals surface area (Å²) in [4.78, 5) is 4.29. The molecule has 1 fully saturated rings. The van der Waals surface area contributed by atoms with Crippen molar-refractivity contribution in [1.29, 1.82) is 0 Å². The van der Waals surface area contributed by atoms with Crippen molar-refractivity contribution in [2.45, 2.75) is 24.8 Å². The Morgan fingerprint density at radius 2 is 2.19 bits per heavy atom. The number of nitrogens with zero attached hydrogens (tertiary/aromatic N) is 2. The Morgan fingerprint density at radius 1 is 1.43 bits per heavy atom. The molecule has 1 aliphatic heterocycles. The molecule has 1 unspecified atom stereocenters. The van der Waals surface area contributed by atoms with Gasteiger partial charge >= 0.3 is 0 Å². The third-order valence-electron chi connectivity index (χ3n) is 3.73. The van der Waals surface area contributed by atoms with Gasteiger partial charge in [-0.25, -0.2) is 17.8 Å². The number of halogens is 3. The summed E-state index contributed by atoms with van der Waals surface area (Å²) >= 11 is 11.8. The minimum absolute atomic E-state index is 0.0107. The van der Waals surface area contributed by atoms with Gasteiger partial charge in [0.15, 0.2) is 9.84 Å². The first-order valence-electron chi connectivity index (χ1n) is 6.53. The lowest BCUT2D eigenvalue weighted by Gasteiger charge is -2.25. The van der Waals surface area contributed by atoms with Crippen LogP contribution in [0.5, 0.6) is 0 Å². The second-order valence-corrected chi connectivity index (χ2v) is 8.10. The fraction of sp³-hybridized carbons (Fsp3) is 0.462. The van der Waals surface area contributed by atoms with Crippen molar-refractivity contribution < 1.29 is 12.8 Å². The fourth-order valence-corrected chi connectivity index (χ4v) is 4.87. The molecular weight excluding hydrogens is 338 g/mol. The van der Waals surface area contributed by atoms with Crippen LogP contribution in [0.3, 0.4) is 0 Å². The summed E-state index contributed by atoms with van der Waals surface area (Å²) in [6.07, 6.45) is 1.33. The number of rotatable bonds is 2. The molecule has 0 aliphatic carbocycles. The smallest absolute Gasteiger partial charge is 0.152 e. The molecule has 0 N–H and O–H groups in total. The topological polar surface area (TPSA) is 52.0 Å². The summed E-state index contributed by atoms with van der Waals surface area (Å²) in [6, 6.07) is 2.50. The van der Waals surface area contributed by atoms with Gasteiger partial charge in [-0.15, -0.1) is 11.6 Å². The average Bonchev–Trinajstić information content (AvgIpc) is 2.75. The van der Waals surface area contributed by atoms with Crippen LogP contribution in [0, 0.1) is 5.82 Å². The van der Waals surface area contributed by atoms with E-state index in [1.807, 2.05) is 0 Å². The third-order valence-corrected chi connectivity index (χ3v) is 6.06. The Morgan fingerprint density at radius 3 is 2.86 bits per heavy atom. The van der Waals surface area contributed by atoms with Gasteiger partial charge in [0, 0.05) is 12.1 Å². The van der Waals surface area contributed by atoms with E-state index in [0.717, 1.165) is 6.42 Å². The number of fused-ring (bicyclic) bond motifs is 1. The van der Waals surface area contributed by atoms with E-state index in [1.54, 1.807) is 4.57 Å². The molecule has 21 heavy (non-hydrogen) atoms. The summed E-state index contributed by atoms with van der Waals surface area (Å²) in [5.74, 6) is 0.380. The van der Waals surface area contributed by atoms with Gasteiger partial charge in [0.1, 0.15) is 11.6 Å². The highest BCUT2D eigenvalue weighted by atomic mass is 35.5. The Bertz CT molecular complexity index is 804. The normalized spacial score (nSPS) is 21.8. The van der Waals surface area contributed by atoms with E-state index in [1.165, 1.54) is 12.1 Å². The summed E-state index contributed by atoms with van der Waals surface area (Å²) in [7, 11) is -3.07. The van der Waals surface area contributed by atoms with Gasteiger partial charge in [-0.05, 0) is 18.9 Å². The lowest BCUT2D eigenvalue weighted by Crippen LogP contribution is -2.28. The van der Waals surface area contributed by atoms with Crippen LogP contribution in [-0.2, 0) is 15.7 Å². The van der Waals surface area contributed by atoms with Gasteiger partial charge in [-0.3, -0.25) is 0 Å². The van der Waals surface area contributed by atoms with Crippen LogP contribution in [0.1, 0.15) is 24.7 Å². The predicted octanol–water partition coefficient (Wildman–Crippen LogP) is 3.32. The number of alkyl halides is 1. The molecule has 0 spiro atoms. The number of aromatic nitrogens is 2. The molecule has 0 saturated carbocycles. The largest absolute Gasteiger partial charge is 0.323 e. The van der Waals surface area contributed by atoms with Crippen molar-refractivity contribution in [3.8, 4) is 0 Å². The van der Waals surface area contributed by atoms with E-state index in [4.69, 9.17) is 23.2 Å². The van der Waals surface area contributed by atoms with Gasteiger partial charge in [-0.1, -0.05) is 11.6 Å². The van der Waals surface area contributed by atoms with E-state index in [2.05, 4.69) is 4.98 Å². The highest BCUT2D eigenvalue weighted by molar-refractivity contribution is 7.91. The minimum Gasteiger partial charge on any atom is -0.323 e. The summed E-state index contributed by atoms with van der Waals surface area (Å²) in [6.45, 7) is 0. The quantitative estimate of drug-likeness (QED) is 0.780. The molecule has 1 atom stereocenters. The number of imidazole rings is 1. The maximum absolute atomic E-state index is 13.5. The molecule has 4 nitrogen and oxygen atoms in total. The Hall–Kier alpha value is -0.850. The molecule has 2 aromatic rings. The van der Waals surface area contributed by atoms with Crippen LogP contribution in [0.2, 0.25) is 5.02 Å². The zero-order valence-electron chi connectivity index (χ0n) is 11.0. The molecule has 0 amide bonds. The van der Waals surface area contributed by atoms with Gasteiger partial charge in [0.05, 0.1) is 33.4 Å². The van der Waals surface area contributed by atoms with E-state index in [9.17, 15) is 12.8 Å². The number of benzene rings is 1. The molecule has 1 saturated heterocycles. The lowest BCUT2D eigenvalue weighted by molar-refractivity contribution is 0.470. The Balaban J connectivity index is 2.18.